The molecule has 10 heteroatoms. The minimum Gasteiger partial charge on any atom is -0.325 e. The monoisotopic (exact) mass is 434 g/mol. The molecular formula is C18H15ClN4O3S2. The summed E-state index contributed by atoms with van der Waals surface area (Å²) in [5.41, 5.74) is 0.497. The van der Waals surface area contributed by atoms with Crippen molar-refractivity contribution in [2.24, 2.45) is 0 Å². The molecule has 0 aliphatic rings. The summed E-state index contributed by atoms with van der Waals surface area (Å²) in [5.74, 6) is -0.000307. The molecule has 1 aromatic heterocycles. The van der Waals surface area contributed by atoms with Crippen molar-refractivity contribution in [1.82, 2.24) is 9.97 Å². The van der Waals surface area contributed by atoms with Gasteiger partial charge in [-0.15, -0.1) is 11.8 Å². The zero-order valence-electron chi connectivity index (χ0n) is 14.4. The maximum absolute atomic E-state index is 12.3. The van der Waals surface area contributed by atoms with Crippen molar-refractivity contribution in [3.8, 4) is 0 Å². The third-order valence-electron chi connectivity index (χ3n) is 3.42. The highest BCUT2D eigenvalue weighted by molar-refractivity contribution is 8.00. The van der Waals surface area contributed by atoms with Gasteiger partial charge in [-0.3, -0.25) is 4.79 Å². The number of anilines is 2. The van der Waals surface area contributed by atoms with E-state index in [9.17, 15) is 13.2 Å². The average Bonchev–Trinajstić information content (AvgIpc) is 2.68. The first kappa shape index (κ1) is 20.1. The maximum Gasteiger partial charge on any atom is 0.264 e. The molecule has 0 bridgehead atoms. The molecule has 2 aromatic carbocycles. The van der Waals surface area contributed by atoms with Gasteiger partial charge in [0.15, 0.2) is 0 Å². The lowest BCUT2D eigenvalue weighted by atomic mass is 10.3. The molecule has 7 nitrogen and oxygen atoms in total. The standard InChI is InChI=1S/C18H15ClN4O3S2/c19-13-2-6-15(7-3-13)27-12-17(24)22-14-4-8-16(9-5-14)28(25,26)23-18-20-10-1-11-21-18/h1-11H,12H2,(H,22,24)(H,20,21,23). The Labute approximate surface area is 171 Å². The molecule has 2 N–H and O–H groups in total. The van der Waals surface area contributed by atoms with Crippen LogP contribution < -0.4 is 10.0 Å². The Morgan fingerprint density at radius 3 is 2.29 bits per heavy atom. The van der Waals surface area contributed by atoms with E-state index >= 15 is 0 Å². The summed E-state index contributed by atoms with van der Waals surface area (Å²) in [6, 6.07) is 14.6. The number of rotatable bonds is 7. The fourth-order valence-corrected chi connectivity index (χ4v) is 3.91. The molecule has 3 rings (SSSR count). The normalized spacial score (nSPS) is 11.0. The van der Waals surface area contributed by atoms with Crippen molar-refractivity contribution in [2.45, 2.75) is 9.79 Å². The van der Waals surface area contributed by atoms with Crippen LogP contribution >= 0.6 is 23.4 Å². The molecule has 28 heavy (non-hydrogen) atoms. The zero-order chi connectivity index (χ0) is 20.0. The van der Waals surface area contributed by atoms with E-state index in [2.05, 4.69) is 20.0 Å². The van der Waals surface area contributed by atoms with E-state index in [0.717, 1.165) is 4.90 Å². The van der Waals surface area contributed by atoms with Crippen LogP contribution in [0.1, 0.15) is 0 Å². The van der Waals surface area contributed by atoms with Gasteiger partial charge in [-0.25, -0.2) is 23.1 Å². The molecule has 0 spiro atoms. The molecular weight excluding hydrogens is 420 g/mol. The van der Waals surface area contributed by atoms with Gasteiger partial charge in [-0.1, -0.05) is 11.6 Å². The Kier molecular flexibility index (Phi) is 6.50. The Balaban J connectivity index is 1.57. The van der Waals surface area contributed by atoms with Crippen LogP contribution in [0.5, 0.6) is 0 Å². The second-order valence-corrected chi connectivity index (χ2v) is 8.66. The molecule has 0 aliphatic carbocycles. The summed E-state index contributed by atoms with van der Waals surface area (Å²) in [6.07, 6.45) is 2.87. The van der Waals surface area contributed by atoms with Crippen LogP contribution in [0.2, 0.25) is 5.02 Å². The van der Waals surface area contributed by atoms with Gasteiger partial charge in [0.25, 0.3) is 10.0 Å². The number of nitrogens with one attached hydrogen (secondary N) is 2. The van der Waals surface area contributed by atoms with Crippen LogP contribution in [-0.2, 0) is 14.8 Å². The number of benzene rings is 2. The number of thioether (sulfide) groups is 1. The molecule has 0 unspecified atom stereocenters. The molecule has 1 heterocycles. The highest BCUT2D eigenvalue weighted by Crippen LogP contribution is 2.21. The second-order valence-electron chi connectivity index (χ2n) is 5.49. The number of sulfonamides is 1. The van der Waals surface area contributed by atoms with Gasteiger partial charge in [-0.05, 0) is 54.6 Å². The quantitative estimate of drug-likeness (QED) is 0.550. The van der Waals surface area contributed by atoms with Crippen molar-refractivity contribution >= 4 is 50.9 Å². The van der Waals surface area contributed by atoms with Crippen molar-refractivity contribution in [3.63, 3.8) is 0 Å². The summed E-state index contributed by atoms with van der Waals surface area (Å²) in [5, 5.41) is 3.36. The van der Waals surface area contributed by atoms with Gasteiger partial charge < -0.3 is 5.32 Å². The second kappa shape index (κ2) is 9.05. The van der Waals surface area contributed by atoms with E-state index in [1.54, 1.807) is 18.2 Å². The van der Waals surface area contributed by atoms with Crippen molar-refractivity contribution in [2.75, 3.05) is 15.8 Å². The van der Waals surface area contributed by atoms with E-state index in [-0.39, 0.29) is 22.5 Å². The predicted molar refractivity (Wildman–Crippen MR) is 110 cm³/mol. The van der Waals surface area contributed by atoms with Crippen LogP contribution in [0.25, 0.3) is 0 Å². The molecule has 0 saturated carbocycles. The van der Waals surface area contributed by atoms with E-state index in [1.165, 1.54) is 48.4 Å². The molecule has 0 saturated heterocycles. The van der Waals surface area contributed by atoms with Crippen LogP contribution in [-0.4, -0.2) is 30.0 Å². The number of hydrogen-bond donors (Lipinski definition) is 2. The molecule has 0 fully saturated rings. The van der Waals surface area contributed by atoms with Crippen molar-refractivity contribution < 1.29 is 13.2 Å². The fraction of sp³-hybridized carbons (Fsp3) is 0.0556. The highest BCUT2D eigenvalue weighted by atomic mass is 35.5. The largest absolute Gasteiger partial charge is 0.325 e. The maximum atomic E-state index is 12.3. The minimum absolute atomic E-state index is 0.0147. The lowest BCUT2D eigenvalue weighted by molar-refractivity contribution is -0.113. The molecule has 1 amide bonds. The summed E-state index contributed by atoms with van der Waals surface area (Å²) >= 11 is 7.20. The summed E-state index contributed by atoms with van der Waals surface area (Å²) in [7, 11) is -3.81. The van der Waals surface area contributed by atoms with Crippen molar-refractivity contribution in [3.05, 3.63) is 72.0 Å². The van der Waals surface area contributed by atoms with Crippen LogP contribution in [0.4, 0.5) is 11.6 Å². The van der Waals surface area contributed by atoms with Gasteiger partial charge in [-0.2, -0.15) is 0 Å². The predicted octanol–water partition coefficient (Wildman–Crippen LogP) is 3.66. The molecule has 0 aliphatic heterocycles. The zero-order valence-corrected chi connectivity index (χ0v) is 16.8. The first-order chi connectivity index (χ1) is 13.4. The van der Waals surface area contributed by atoms with E-state index < -0.39 is 10.0 Å². The van der Waals surface area contributed by atoms with E-state index in [4.69, 9.17) is 11.6 Å². The number of carbonyl (C=O) groups excluding carboxylic acids is 1. The molecule has 0 radical (unpaired) electrons. The van der Waals surface area contributed by atoms with Crippen LogP contribution in [0.15, 0.2) is 76.8 Å². The van der Waals surface area contributed by atoms with Gasteiger partial charge >= 0.3 is 0 Å². The van der Waals surface area contributed by atoms with Gasteiger partial charge in [0.1, 0.15) is 0 Å². The van der Waals surface area contributed by atoms with Crippen LogP contribution in [0.3, 0.4) is 0 Å². The number of nitrogens with zero attached hydrogens (tertiary/aromatic N) is 2. The first-order valence-electron chi connectivity index (χ1n) is 8.00. The van der Waals surface area contributed by atoms with Gasteiger partial charge in [0.2, 0.25) is 11.9 Å². The number of carbonyl (C=O) groups is 1. The Bertz CT molecular complexity index is 1040. The van der Waals surface area contributed by atoms with Gasteiger partial charge in [0.05, 0.1) is 10.6 Å². The minimum atomic E-state index is -3.81. The lowest BCUT2D eigenvalue weighted by Gasteiger charge is -2.08. The third kappa shape index (κ3) is 5.69. The highest BCUT2D eigenvalue weighted by Gasteiger charge is 2.15. The molecule has 144 valence electrons. The number of halogens is 1. The smallest absolute Gasteiger partial charge is 0.264 e. The topological polar surface area (TPSA) is 101 Å². The SMILES string of the molecule is O=C(CSc1ccc(Cl)cc1)Nc1ccc(S(=O)(=O)Nc2ncccn2)cc1. The summed E-state index contributed by atoms with van der Waals surface area (Å²) in [6.45, 7) is 0. The third-order valence-corrected chi connectivity index (χ3v) is 6.03. The van der Waals surface area contributed by atoms with E-state index in [1.807, 2.05) is 12.1 Å². The van der Waals surface area contributed by atoms with E-state index in [0.29, 0.717) is 10.7 Å². The first-order valence-corrected chi connectivity index (χ1v) is 10.9. The summed E-state index contributed by atoms with van der Waals surface area (Å²) < 4.78 is 26.9. The summed E-state index contributed by atoms with van der Waals surface area (Å²) in [4.78, 5) is 20.7. The lowest BCUT2D eigenvalue weighted by Crippen LogP contribution is -2.16. The number of hydrogen-bond acceptors (Lipinski definition) is 6. The molecule has 3 aromatic rings. The van der Waals surface area contributed by atoms with Crippen LogP contribution in [0, 0.1) is 0 Å². The Hall–Kier alpha value is -2.62. The fourth-order valence-electron chi connectivity index (χ4n) is 2.13. The van der Waals surface area contributed by atoms with Crippen molar-refractivity contribution in [1.29, 1.82) is 0 Å². The Morgan fingerprint density at radius 2 is 1.64 bits per heavy atom. The Morgan fingerprint density at radius 1 is 1.00 bits per heavy atom. The number of amides is 1. The number of aromatic nitrogens is 2. The average molecular weight is 435 g/mol. The van der Waals surface area contributed by atoms with Gasteiger partial charge in [0, 0.05) is 28.0 Å². The molecule has 0 atom stereocenters.